The first-order chi connectivity index (χ1) is 7.41. The van der Waals surface area contributed by atoms with E-state index in [1.165, 1.54) is 0 Å². The third-order valence-corrected chi connectivity index (χ3v) is 3.23. The summed E-state index contributed by atoms with van der Waals surface area (Å²) in [6.45, 7) is 6.68. The van der Waals surface area contributed by atoms with E-state index in [1.54, 1.807) is 6.20 Å². The molecule has 0 saturated carbocycles. The zero-order valence-electron chi connectivity index (χ0n) is 10.4. The summed E-state index contributed by atoms with van der Waals surface area (Å²) in [5, 5.41) is 0. The van der Waals surface area contributed by atoms with Crippen LogP contribution in [0.15, 0.2) is 16.7 Å². The van der Waals surface area contributed by atoms with E-state index in [4.69, 9.17) is 5.73 Å². The molecule has 0 fully saturated rings. The molecule has 0 amide bonds. The van der Waals surface area contributed by atoms with Gasteiger partial charge in [-0.05, 0) is 41.3 Å². The van der Waals surface area contributed by atoms with Crippen molar-refractivity contribution in [1.82, 2.24) is 4.98 Å². The molecule has 0 radical (unpaired) electrons. The highest BCUT2D eigenvalue weighted by atomic mass is 79.9. The molecule has 1 aromatic heterocycles. The van der Waals surface area contributed by atoms with Crippen LogP contribution in [0.4, 0.5) is 11.5 Å². The van der Waals surface area contributed by atoms with Gasteiger partial charge in [0.25, 0.3) is 0 Å². The van der Waals surface area contributed by atoms with Gasteiger partial charge in [-0.15, -0.1) is 0 Å². The Morgan fingerprint density at radius 1 is 1.44 bits per heavy atom. The van der Waals surface area contributed by atoms with Crippen molar-refractivity contribution >= 4 is 27.4 Å². The Labute approximate surface area is 106 Å². The number of nitrogen functional groups attached to an aromatic ring is 1. The molecular weight excluding hydrogens is 266 g/mol. The molecule has 90 valence electrons. The molecule has 4 heteroatoms. The number of nitrogens with two attached hydrogens (primary N) is 1. The zero-order valence-corrected chi connectivity index (χ0v) is 12.0. The summed E-state index contributed by atoms with van der Waals surface area (Å²) in [5.41, 5.74) is 6.35. The summed E-state index contributed by atoms with van der Waals surface area (Å²) >= 11 is 3.50. The normalized spacial score (nSPS) is 12.9. The van der Waals surface area contributed by atoms with Crippen molar-refractivity contribution in [3.05, 3.63) is 16.7 Å². The quantitative estimate of drug-likeness (QED) is 0.923. The van der Waals surface area contributed by atoms with Gasteiger partial charge in [-0.3, -0.25) is 0 Å². The second-order valence-corrected chi connectivity index (χ2v) is 5.52. The molecular formula is C12H20BrN3. The Bertz CT molecular complexity index is 352. The van der Waals surface area contributed by atoms with E-state index in [-0.39, 0.29) is 0 Å². The standard InChI is InChI=1S/C12H20BrN3/c1-8(2)5-9(3)16(4)12-11(13)6-10(14)7-15-12/h6-9H,5,14H2,1-4H3. The lowest BCUT2D eigenvalue weighted by Gasteiger charge is -2.28. The number of halogens is 1. The Morgan fingerprint density at radius 3 is 2.56 bits per heavy atom. The predicted molar refractivity (Wildman–Crippen MR) is 73.7 cm³/mol. The van der Waals surface area contributed by atoms with Crippen LogP contribution in [0.5, 0.6) is 0 Å². The molecule has 0 aliphatic carbocycles. The van der Waals surface area contributed by atoms with E-state index in [0.717, 1.165) is 16.7 Å². The van der Waals surface area contributed by atoms with Gasteiger partial charge in [-0.2, -0.15) is 0 Å². The Kier molecular flexibility index (Phi) is 4.59. The molecule has 0 spiro atoms. The highest BCUT2D eigenvalue weighted by Gasteiger charge is 2.15. The monoisotopic (exact) mass is 285 g/mol. The first kappa shape index (κ1) is 13.3. The van der Waals surface area contributed by atoms with Gasteiger partial charge in [0.2, 0.25) is 0 Å². The third-order valence-electron chi connectivity index (χ3n) is 2.65. The van der Waals surface area contributed by atoms with Gasteiger partial charge in [0, 0.05) is 13.1 Å². The van der Waals surface area contributed by atoms with E-state index >= 15 is 0 Å². The third kappa shape index (κ3) is 3.37. The maximum Gasteiger partial charge on any atom is 0.143 e. The van der Waals surface area contributed by atoms with Gasteiger partial charge in [-0.1, -0.05) is 13.8 Å². The van der Waals surface area contributed by atoms with Crippen LogP contribution in [0.25, 0.3) is 0 Å². The van der Waals surface area contributed by atoms with Gasteiger partial charge >= 0.3 is 0 Å². The molecule has 1 atom stereocenters. The van der Waals surface area contributed by atoms with E-state index in [2.05, 4.69) is 53.6 Å². The van der Waals surface area contributed by atoms with Gasteiger partial charge in [0.05, 0.1) is 16.4 Å². The van der Waals surface area contributed by atoms with E-state index in [1.807, 2.05) is 6.07 Å². The van der Waals surface area contributed by atoms with Crippen molar-refractivity contribution in [2.75, 3.05) is 17.7 Å². The molecule has 2 N–H and O–H groups in total. The Morgan fingerprint density at radius 2 is 2.06 bits per heavy atom. The van der Waals surface area contributed by atoms with Gasteiger partial charge in [0.15, 0.2) is 0 Å². The van der Waals surface area contributed by atoms with Crippen molar-refractivity contribution in [2.45, 2.75) is 33.2 Å². The molecule has 0 aliphatic rings. The number of aromatic nitrogens is 1. The lowest BCUT2D eigenvalue weighted by Crippen LogP contribution is -2.31. The summed E-state index contributed by atoms with van der Waals surface area (Å²) < 4.78 is 0.950. The molecule has 0 aliphatic heterocycles. The summed E-state index contributed by atoms with van der Waals surface area (Å²) in [4.78, 5) is 6.54. The van der Waals surface area contributed by atoms with E-state index in [9.17, 15) is 0 Å². The van der Waals surface area contributed by atoms with Crippen LogP contribution in [0.1, 0.15) is 27.2 Å². The van der Waals surface area contributed by atoms with Crippen LogP contribution in [-0.4, -0.2) is 18.1 Å². The SMILES string of the molecule is CC(C)CC(C)N(C)c1ncc(N)cc1Br. The minimum Gasteiger partial charge on any atom is -0.397 e. The zero-order chi connectivity index (χ0) is 12.3. The Hall–Kier alpha value is -0.770. The summed E-state index contributed by atoms with van der Waals surface area (Å²) in [7, 11) is 2.07. The van der Waals surface area contributed by atoms with Gasteiger partial charge < -0.3 is 10.6 Å². The number of hydrogen-bond acceptors (Lipinski definition) is 3. The molecule has 1 rings (SSSR count). The number of rotatable bonds is 4. The topological polar surface area (TPSA) is 42.2 Å². The molecule has 1 heterocycles. The van der Waals surface area contributed by atoms with E-state index < -0.39 is 0 Å². The molecule has 16 heavy (non-hydrogen) atoms. The van der Waals surface area contributed by atoms with Crippen molar-refractivity contribution in [3.8, 4) is 0 Å². The molecule has 0 saturated heterocycles. The number of hydrogen-bond donors (Lipinski definition) is 1. The molecule has 0 aromatic carbocycles. The van der Waals surface area contributed by atoms with Gasteiger partial charge in [0.1, 0.15) is 5.82 Å². The van der Waals surface area contributed by atoms with Crippen molar-refractivity contribution in [2.24, 2.45) is 5.92 Å². The maximum atomic E-state index is 5.67. The second-order valence-electron chi connectivity index (χ2n) is 4.66. The van der Waals surface area contributed by atoms with Crippen LogP contribution in [0.3, 0.4) is 0 Å². The minimum absolute atomic E-state index is 0.465. The molecule has 3 nitrogen and oxygen atoms in total. The average Bonchev–Trinajstić information content (AvgIpc) is 2.15. The van der Waals surface area contributed by atoms with Gasteiger partial charge in [-0.25, -0.2) is 4.98 Å². The first-order valence-corrected chi connectivity index (χ1v) is 6.35. The second kappa shape index (κ2) is 5.53. The van der Waals surface area contributed by atoms with Crippen molar-refractivity contribution in [3.63, 3.8) is 0 Å². The average molecular weight is 286 g/mol. The van der Waals surface area contributed by atoms with Crippen LogP contribution in [-0.2, 0) is 0 Å². The van der Waals surface area contributed by atoms with E-state index in [0.29, 0.717) is 17.6 Å². The summed E-state index contributed by atoms with van der Waals surface area (Å²) in [5.74, 6) is 1.63. The Balaban J connectivity index is 2.83. The minimum atomic E-state index is 0.465. The summed E-state index contributed by atoms with van der Waals surface area (Å²) in [6.07, 6.45) is 2.84. The number of nitrogens with zero attached hydrogens (tertiary/aromatic N) is 2. The number of pyridine rings is 1. The fourth-order valence-electron chi connectivity index (χ4n) is 1.75. The summed E-state index contributed by atoms with van der Waals surface area (Å²) in [6, 6.07) is 2.36. The highest BCUT2D eigenvalue weighted by Crippen LogP contribution is 2.27. The highest BCUT2D eigenvalue weighted by molar-refractivity contribution is 9.10. The fourth-order valence-corrected chi connectivity index (χ4v) is 2.40. The lowest BCUT2D eigenvalue weighted by molar-refractivity contribution is 0.502. The van der Waals surface area contributed by atoms with Crippen LogP contribution in [0.2, 0.25) is 0 Å². The number of anilines is 2. The molecule has 1 unspecified atom stereocenters. The first-order valence-electron chi connectivity index (χ1n) is 5.55. The molecule has 1 aromatic rings. The van der Waals surface area contributed by atoms with Crippen molar-refractivity contribution in [1.29, 1.82) is 0 Å². The lowest BCUT2D eigenvalue weighted by atomic mass is 10.0. The smallest absolute Gasteiger partial charge is 0.143 e. The van der Waals surface area contributed by atoms with Crippen LogP contribution >= 0.6 is 15.9 Å². The maximum absolute atomic E-state index is 5.67. The predicted octanol–water partition coefficient (Wildman–Crippen LogP) is 3.30. The fraction of sp³-hybridized carbons (Fsp3) is 0.583. The largest absolute Gasteiger partial charge is 0.397 e. The van der Waals surface area contributed by atoms with Crippen LogP contribution < -0.4 is 10.6 Å². The van der Waals surface area contributed by atoms with Crippen LogP contribution in [0, 0.1) is 5.92 Å². The molecule has 0 bridgehead atoms. The van der Waals surface area contributed by atoms with Crippen molar-refractivity contribution < 1.29 is 0 Å².